The number of pyridine rings is 1. The summed E-state index contributed by atoms with van der Waals surface area (Å²) in [5.74, 6) is 0.717. The summed E-state index contributed by atoms with van der Waals surface area (Å²) in [6.45, 7) is 0. The summed E-state index contributed by atoms with van der Waals surface area (Å²) < 4.78 is 10.5. The molecule has 0 aliphatic carbocycles. The highest BCUT2D eigenvalue weighted by Crippen LogP contribution is 2.28. The molecule has 0 aliphatic rings. The van der Waals surface area contributed by atoms with Gasteiger partial charge in [0.1, 0.15) is 11.9 Å². The molecule has 1 unspecified atom stereocenters. The number of hydrogen-bond donors (Lipinski definition) is 3. The molecule has 9 nitrogen and oxygen atoms in total. The number of ether oxygens (including phenoxy) is 2. The molecule has 0 saturated carbocycles. The van der Waals surface area contributed by atoms with Crippen molar-refractivity contribution in [3.05, 3.63) is 72.1 Å². The zero-order valence-corrected chi connectivity index (χ0v) is 18.2. The van der Waals surface area contributed by atoms with Crippen LogP contribution in [0.3, 0.4) is 0 Å². The van der Waals surface area contributed by atoms with Crippen molar-refractivity contribution in [3.8, 4) is 22.9 Å². The molecule has 2 aromatic heterocycles. The fraction of sp³-hybridized carbons (Fsp3) is 0.167. The number of rotatable bonds is 8. The Morgan fingerprint density at radius 2 is 1.79 bits per heavy atom. The highest BCUT2D eigenvalue weighted by molar-refractivity contribution is 6.00. The molecule has 0 saturated heterocycles. The number of methoxy groups -OCH3 is 2. The van der Waals surface area contributed by atoms with Crippen LogP contribution < -0.4 is 20.5 Å². The van der Waals surface area contributed by atoms with E-state index in [1.807, 2.05) is 12.1 Å². The Balaban J connectivity index is 1.53. The largest absolute Gasteiger partial charge is 0.493 e. The van der Waals surface area contributed by atoms with Gasteiger partial charge in [-0.25, -0.2) is 4.98 Å². The van der Waals surface area contributed by atoms with Gasteiger partial charge in [0, 0.05) is 29.9 Å². The van der Waals surface area contributed by atoms with Crippen molar-refractivity contribution >= 4 is 22.8 Å². The molecule has 0 spiro atoms. The first-order valence-corrected chi connectivity index (χ1v) is 10.2. The topological polar surface area (TPSA) is 132 Å². The van der Waals surface area contributed by atoms with Crippen molar-refractivity contribution < 1.29 is 19.1 Å². The lowest BCUT2D eigenvalue weighted by Crippen LogP contribution is -2.45. The number of aromatic amines is 1. The first-order chi connectivity index (χ1) is 16.0. The minimum atomic E-state index is -0.902. The summed E-state index contributed by atoms with van der Waals surface area (Å²) in [5, 5.41) is 2.72. The molecule has 2 amide bonds. The molecule has 1 atom stereocenters. The second-order valence-electron chi connectivity index (χ2n) is 7.38. The molecule has 4 rings (SSSR count). The average Bonchev–Trinajstić information content (AvgIpc) is 3.27. The predicted molar refractivity (Wildman–Crippen MR) is 123 cm³/mol. The van der Waals surface area contributed by atoms with Crippen LogP contribution in [0.4, 0.5) is 0 Å². The molecule has 33 heavy (non-hydrogen) atoms. The van der Waals surface area contributed by atoms with Crippen LogP contribution in [0, 0.1) is 0 Å². The molecule has 4 N–H and O–H groups in total. The maximum atomic E-state index is 12.9. The lowest BCUT2D eigenvalue weighted by atomic mass is 10.0. The summed E-state index contributed by atoms with van der Waals surface area (Å²) in [6.07, 6.45) is 3.58. The van der Waals surface area contributed by atoms with E-state index in [1.54, 1.807) is 55.9 Å². The van der Waals surface area contributed by atoms with Crippen LogP contribution in [0.25, 0.3) is 22.4 Å². The van der Waals surface area contributed by atoms with Gasteiger partial charge >= 0.3 is 0 Å². The van der Waals surface area contributed by atoms with Crippen molar-refractivity contribution in [2.75, 3.05) is 14.2 Å². The Bertz CT molecular complexity index is 1300. The second kappa shape index (κ2) is 9.39. The normalized spacial score (nSPS) is 11.7. The van der Waals surface area contributed by atoms with E-state index in [0.717, 1.165) is 16.6 Å². The van der Waals surface area contributed by atoms with Gasteiger partial charge in [0.05, 0.1) is 25.3 Å². The third-order valence-corrected chi connectivity index (χ3v) is 5.23. The number of nitrogens with one attached hydrogen (secondary N) is 2. The standard InChI is InChI=1S/C24H23N5O4/c1-32-20-6-3-14(12-21(20)33-2)11-19(22(25)30)29-24(31)16-4-5-17-18(13-16)28-23(27-17)15-7-9-26-10-8-15/h3-10,12-13,19H,11H2,1-2H3,(H2,25,30)(H,27,28)(H,29,31). The third kappa shape index (κ3) is 4.77. The minimum absolute atomic E-state index is 0.208. The summed E-state index contributed by atoms with van der Waals surface area (Å²) in [7, 11) is 3.07. The number of primary amides is 1. The number of imidazole rings is 1. The molecular weight excluding hydrogens is 422 g/mol. The van der Waals surface area contributed by atoms with Crippen LogP contribution in [0.15, 0.2) is 60.9 Å². The molecule has 0 aliphatic heterocycles. The number of amides is 2. The Hall–Kier alpha value is -4.40. The van der Waals surface area contributed by atoms with Crippen molar-refractivity contribution in [1.82, 2.24) is 20.3 Å². The van der Waals surface area contributed by atoms with Crippen molar-refractivity contribution in [2.45, 2.75) is 12.5 Å². The second-order valence-corrected chi connectivity index (χ2v) is 7.38. The third-order valence-electron chi connectivity index (χ3n) is 5.23. The van der Waals surface area contributed by atoms with Crippen molar-refractivity contribution in [1.29, 1.82) is 0 Å². The maximum absolute atomic E-state index is 12.9. The number of carbonyl (C=O) groups excluding carboxylic acids is 2. The molecule has 2 heterocycles. The number of H-pyrrole nitrogens is 1. The van der Waals surface area contributed by atoms with E-state index in [0.29, 0.717) is 28.4 Å². The fourth-order valence-corrected chi connectivity index (χ4v) is 3.50. The summed E-state index contributed by atoms with van der Waals surface area (Å²) in [5.41, 5.74) is 9.01. The maximum Gasteiger partial charge on any atom is 0.252 e. The number of benzene rings is 2. The van der Waals surface area contributed by atoms with Gasteiger partial charge in [-0.15, -0.1) is 0 Å². The SMILES string of the molecule is COc1ccc(CC(NC(=O)c2ccc3nc(-c4ccncc4)[nH]c3c2)C(N)=O)cc1OC. The molecule has 2 aromatic carbocycles. The first-order valence-electron chi connectivity index (χ1n) is 10.2. The van der Waals surface area contributed by atoms with E-state index < -0.39 is 17.9 Å². The Morgan fingerprint density at radius 1 is 1.03 bits per heavy atom. The minimum Gasteiger partial charge on any atom is -0.493 e. The van der Waals surface area contributed by atoms with Crippen LogP contribution in [-0.2, 0) is 11.2 Å². The van der Waals surface area contributed by atoms with Gasteiger partial charge in [-0.1, -0.05) is 6.07 Å². The van der Waals surface area contributed by atoms with Crippen molar-refractivity contribution in [2.24, 2.45) is 5.73 Å². The number of nitrogens with two attached hydrogens (primary N) is 1. The lowest BCUT2D eigenvalue weighted by Gasteiger charge is -2.17. The Labute approximate surface area is 190 Å². The molecule has 0 fully saturated rings. The van der Waals surface area contributed by atoms with Crippen LogP contribution in [0.2, 0.25) is 0 Å². The van der Waals surface area contributed by atoms with Gasteiger partial charge in [-0.05, 0) is 48.0 Å². The first kappa shape index (κ1) is 21.8. The van der Waals surface area contributed by atoms with Crippen molar-refractivity contribution in [3.63, 3.8) is 0 Å². The van der Waals surface area contributed by atoms with Crippen LogP contribution in [0.1, 0.15) is 15.9 Å². The fourth-order valence-electron chi connectivity index (χ4n) is 3.50. The van der Waals surface area contributed by atoms with Gasteiger partial charge in [0.25, 0.3) is 5.91 Å². The quantitative estimate of drug-likeness (QED) is 0.382. The Morgan fingerprint density at radius 3 is 2.48 bits per heavy atom. The number of carbonyl (C=O) groups is 2. The molecule has 0 radical (unpaired) electrons. The summed E-state index contributed by atoms with van der Waals surface area (Å²) in [6, 6.07) is 13.2. The molecule has 4 aromatic rings. The van der Waals surface area contributed by atoms with E-state index in [1.165, 1.54) is 7.11 Å². The van der Waals surface area contributed by atoms with E-state index in [2.05, 4.69) is 20.3 Å². The van der Waals surface area contributed by atoms with Gasteiger partial charge in [-0.2, -0.15) is 0 Å². The molecule has 0 bridgehead atoms. The van der Waals surface area contributed by atoms with E-state index in [4.69, 9.17) is 15.2 Å². The highest BCUT2D eigenvalue weighted by Gasteiger charge is 2.21. The smallest absolute Gasteiger partial charge is 0.252 e. The van der Waals surface area contributed by atoms with Gasteiger partial charge < -0.3 is 25.5 Å². The highest BCUT2D eigenvalue weighted by atomic mass is 16.5. The van der Waals surface area contributed by atoms with Gasteiger partial charge in [0.2, 0.25) is 5.91 Å². The number of nitrogens with zero attached hydrogens (tertiary/aromatic N) is 2. The van der Waals surface area contributed by atoms with E-state index in [9.17, 15) is 9.59 Å². The Kier molecular flexibility index (Phi) is 6.21. The lowest BCUT2D eigenvalue weighted by molar-refractivity contribution is -0.119. The summed E-state index contributed by atoms with van der Waals surface area (Å²) in [4.78, 5) is 36.7. The monoisotopic (exact) mass is 445 g/mol. The van der Waals surface area contributed by atoms with E-state index in [-0.39, 0.29) is 6.42 Å². The molecule has 168 valence electrons. The van der Waals surface area contributed by atoms with Crippen LogP contribution >= 0.6 is 0 Å². The zero-order valence-electron chi connectivity index (χ0n) is 18.2. The van der Waals surface area contributed by atoms with Crippen LogP contribution in [0.5, 0.6) is 11.5 Å². The average molecular weight is 445 g/mol. The van der Waals surface area contributed by atoms with Gasteiger partial charge in [0.15, 0.2) is 11.5 Å². The molecular formula is C24H23N5O4. The van der Waals surface area contributed by atoms with Crippen LogP contribution in [-0.4, -0.2) is 47.0 Å². The molecule has 9 heteroatoms. The number of aromatic nitrogens is 3. The predicted octanol–water partition coefficient (Wildman–Crippen LogP) is 2.47. The summed E-state index contributed by atoms with van der Waals surface area (Å²) >= 11 is 0. The van der Waals surface area contributed by atoms with Gasteiger partial charge in [-0.3, -0.25) is 14.6 Å². The zero-order chi connectivity index (χ0) is 23.4. The number of hydrogen-bond acceptors (Lipinski definition) is 6. The van der Waals surface area contributed by atoms with E-state index >= 15 is 0 Å². The number of fused-ring (bicyclic) bond motifs is 1.